The van der Waals surface area contributed by atoms with Crippen LogP contribution in [0.15, 0.2) is 42.5 Å². The summed E-state index contributed by atoms with van der Waals surface area (Å²) in [4.78, 5) is 27.5. The lowest BCUT2D eigenvalue weighted by Crippen LogP contribution is -2.66. The predicted molar refractivity (Wildman–Crippen MR) is 157 cm³/mol. The Bertz CT molecular complexity index is 1280. The Morgan fingerprint density at radius 3 is 2.15 bits per heavy atom. The van der Waals surface area contributed by atoms with Crippen LogP contribution in [0.25, 0.3) is 0 Å². The molecule has 2 aromatic carbocycles. The molecule has 0 unspecified atom stereocenters. The number of piperidine rings is 1. The number of carbonyl (C=O) groups is 2. The summed E-state index contributed by atoms with van der Waals surface area (Å²) in [5.74, 6) is 1.27. The van der Waals surface area contributed by atoms with E-state index < -0.39 is 5.60 Å². The van der Waals surface area contributed by atoms with Crippen LogP contribution >= 0.6 is 11.6 Å². The summed E-state index contributed by atoms with van der Waals surface area (Å²) in [5, 5.41) is 9.52. The first-order chi connectivity index (χ1) is 18.6. The van der Waals surface area contributed by atoms with E-state index in [0.29, 0.717) is 41.8 Å². The molecule has 1 heterocycles. The van der Waals surface area contributed by atoms with Crippen molar-refractivity contribution in [2.24, 2.45) is 16.7 Å². The van der Waals surface area contributed by atoms with Gasteiger partial charge in [-0.25, -0.2) is 4.79 Å². The number of amides is 1. The number of halogens is 1. The van der Waals surface area contributed by atoms with E-state index in [1.54, 1.807) is 23.1 Å². The molecule has 0 radical (unpaired) electrons. The molecular weight excluding hydrogens is 524 g/mol. The van der Waals surface area contributed by atoms with Gasteiger partial charge in [-0.1, -0.05) is 63.6 Å². The highest BCUT2D eigenvalue weighted by molar-refractivity contribution is 6.31. The number of hydrogen-bond acceptors (Lipinski definition) is 5. The Kier molecular flexibility index (Phi) is 8.30. The Morgan fingerprint density at radius 1 is 1.02 bits per heavy atom. The van der Waals surface area contributed by atoms with Crippen molar-refractivity contribution in [1.29, 1.82) is 5.26 Å². The number of nitrogens with zero attached hydrogens (tertiary/aromatic N) is 2. The van der Waals surface area contributed by atoms with Gasteiger partial charge in [0.15, 0.2) is 5.78 Å². The summed E-state index contributed by atoms with van der Waals surface area (Å²) < 4.78 is 11.9. The monoisotopic (exact) mass is 564 g/mol. The van der Waals surface area contributed by atoms with Gasteiger partial charge in [-0.3, -0.25) is 4.79 Å². The molecule has 214 valence electrons. The van der Waals surface area contributed by atoms with E-state index in [0.717, 1.165) is 18.4 Å². The summed E-state index contributed by atoms with van der Waals surface area (Å²) in [5.41, 5.74) is 1.42. The number of carbonyl (C=O) groups excluding carboxylic acids is 2. The van der Waals surface area contributed by atoms with E-state index in [2.05, 4.69) is 45.9 Å². The second-order valence-electron chi connectivity index (χ2n) is 13.4. The minimum atomic E-state index is -0.493. The summed E-state index contributed by atoms with van der Waals surface area (Å²) >= 11 is 6.21. The van der Waals surface area contributed by atoms with Crippen molar-refractivity contribution in [3.8, 4) is 11.8 Å². The normalized spacial score (nSPS) is 22.1. The molecule has 1 saturated heterocycles. The van der Waals surface area contributed by atoms with Crippen LogP contribution in [0.5, 0.6) is 5.75 Å². The SMILES string of the molecule is CC(C)(C)OC(=O)N1CCC(c2ccc(C(=O)CC3C(C)(C)C(Oc4ccc(C#N)c(Cl)c4)C3(C)C)cc2)CC1. The van der Waals surface area contributed by atoms with Gasteiger partial charge in [0.2, 0.25) is 0 Å². The van der Waals surface area contributed by atoms with Gasteiger partial charge in [0.05, 0.1) is 10.6 Å². The highest BCUT2D eigenvalue weighted by atomic mass is 35.5. The smallest absolute Gasteiger partial charge is 0.410 e. The van der Waals surface area contributed by atoms with Crippen molar-refractivity contribution < 1.29 is 19.1 Å². The van der Waals surface area contributed by atoms with Gasteiger partial charge in [0, 0.05) is 42.0 Å². The van der Waals surface area contributed by atoms with Crippen LogP contribution < -0.4 is 4.74 Å². The van der Waals surface area contributed by atoms with E-state index in [1.165, 1.54) is 5.56 Å². The molecule has 2 aromatic rings. The van der Waals surface area contributed by atoms with Crippen LogP contribution in [0.1, 0.15) is 95.1 Å². The second-order valence-corrected chi connectivity index (χ2v) is 13.8. The summed E-state index contributed by atoms with van der Waals surface area (Å²) in [6, 6.07) is 15.2. The molecule has 40 heavy (non-hydrogen) atoms. The predicted octanol–water partition coefficient (Wildman–Crippen LogP) is 8.03. The van der Waals surface area contributed by atoms with Crippen LogP contribution in [-0.4, -0.2) is 41.6 Å². The first-order valence-corrected chi connectivity index (χ1v) is 14.5. The lowest BCUT2D eigenvalue weighted by atomic mass is 9.44. The molecule has 7 heteroatoms. The number of rotatable bonds is 6. The fraction of sp³-hybridized carbons (Fsp3) is 0.545. The molecular formula is C33H41ClN2O4. The molecule has 0 spiro atoms. The summed E-state index contributed by atoms with van der Waals surface area (Å²) in [6.45, 7) is 15.6. The molecule has 1 saturated carbocycles. The topological polar surface area (TPSA) is 79.6 Å². The quantitative estimate of drug-likeness (QED) is 0.332. The molecule has 1 amide bonds. The highest BCUT2D eigenvalue weighted by Gasteiger charge is 2.63. The van der Waals surface area contributed by atoms with Gasteiger partial charge in [-0.15, -0.1) is 0 Å². The van der Waals surface area contributed by atoms with Gasteiger partial charge in [-0.05, 0) is 63.1 Å². The second kappa shape index (κ2) is 11.1. The van der Waals surface area contributed by atoms with Crippen LogP contribution in [-0.2, 0) is 4.74 Å². The van der Waals surface area contributed by atoms with Crippen molar-refractivity contribution in [3.63, 3.8) is 0 Å². The van der Waals surface area contributed by atoms with E-state index in [9.17, 15) is 9.59 Å². The molecule has 6 nitrogen and oxygen atoms in total. The van der Waals surface area contributed by atoms with Crippen LogP contribution in [0.2, 0.25) is 5.02 Å². The average molecular weight is 565 g/mol. The zero-order valence-corrected chi connectivity index (χ0v) is 25.5. The molecule has 0 atom stereocenters. The largest absolute Gasteiger partial charge is 0.489 e. The van der Waals surface area contributed by atoms with Gasteiger partial charge in [0.25, 0.3) is 0 Å². The Balaban J connectivity index is 1.35. The van der Waals surface area contributed by atoms with E-state index >= 15 is 0 Å². The number of benzene rings is 2. The Hall–Kier alpha value is -3.04. The first-order valence-electron chi connectivity index (χ1n) is 14.1. The van der Waals surface area contributed by atoms with Crippen LogP contribution in [0.4, 0.5) is 4.79 Å². The highest BCUT2D eigenvalue weighted by Crippen LogP contribution is 2.61. The fourth-order valence-electron chi connectivity index (χ4n) is 6.78. The lowest BCUT2D eigenvalue weighted by molar-refractivity contribution is -0.196. The van der Waals surface area contributed by atoms with Crippen molar-refractivity contribution in [1.82, 2.24) is 4.90 Å². The third-order valence-electron chi connectivity index (χ3n) is 8.70. The molecule has 1 aliphatic heterocycles. The number of Topliss-reactive ketones (excluding diaryl/α,β-unsaturated/α-hetero) is 1. The van der Waals surface area contributed by atoms with E-state index in [4.69, 9.17) is 26.3 Å². The Morgan fingerprint density at radius 2 is 1.62 bits per heavy atom. The van der Waals surface area contributed by atoms with Gasteiger partial charge in [-0.2, -0.15) is 5.26 Å². The maximum atomic E-state index is 13.4. The van der Waals surface area contributed by atoms with Crippen molar-refractivity contribution in [2.45, 2.75) is 85.4 Å². The molecule has 2 fully saturated rings. The van der Waals surface area contributed by atoms with E-state index in [1.807, 2.05) is 32.9 Å². The number of ketones is 1. The maximum Gasteiger partial charge on any atom is 0.410 e. The number of ether oxygens (including phenoxy) is 2. The zero-order chi connectivity index (χ0) is 29.5. The maximum absolute atomic E-state index is 13.4. The summed E-state index contributed by atoms with van der Waals surface area (Å²) in [7, 11) is 0. The molecule has 2 aliphatic rings. The third kappa shape index (κ3) is 6.15. The Labute approximate surface area is 243 Å². The molecule has 0 aromatic heterocycles. The molecule has 1 aliphatic carbocycles. The first kappa shape index (κ1) is 29.9. The average Bonchev–Trinajstić information content (AvgIpc) is 2.89. The van der Waals surface area contributed by atoms with Crippen molar-refractivity contribution >= 4 is 23.5 Å². The molecule has 0 bridgehead atoms. The third-order valence-corrected chi connectivity index (χ3v) is 9.02. The van der Waals surface area contributed by atoms with Gasteiger partial charge >= 0.3 is 6.09 Å². The summed E-state index contributed by atoms with van der Waals surface area (Å²) in [6.07, 6.45) is 1.85. The molecule has 4 rings (SSSR count). The van der Waals surface area contributed by atoms with Crippen molar-refractivity contribution in [3.05, 3.63) is 64.2 Å². The van der Waals surface area contributed by atoms with E-state index in [-0.39, 0.29) is 34.7 Å². The standard InChI is InChI=1S/C33H41ClN2O4/c1-31(2,3)40-30(38)36-16-14-22(15-17-36)21-8-10-23(11-9-21)27(37)19-28-32(4,5)29(33(28,6)7)39-25-13-12-24(20-35)26(34)18-25/h8-13,18,22,28-29H,14-17,19H2,1-7H3. The van der Waals surface area contributed by atoms with Crippen LogP contribution in [0.3, 0.4) is 0 Å². The van der Waals surface area contributed by atoms with Gasteiger partial charge < -0.3 is 14.4 Å². The minimum Gasteiger partial charge on any atom is -0.489 e. The number of likely N-dealkylation sites (tertiary alicyclic amines) is 1. The van der Waals surface area contributed by atoms with Gasteiger partial charge in [0.1, 0.15) is 23.5 Å². The fourth-order valence-corrected chi connectivity index (χ4v) is 6.99. The van der Waals surface area contributed by atoms with Crippen molar-refractivity contribution in [2.75, 3.05) is 13.1 Å². The molecule has 0 N–H and O–H groups in total. The minimum absolute atomic E-state index is 0.101. The number of hydrogen-bond donors (Lipinski definition) is 0. The lowest BCUT2D eigenvalue weighted by Gasteiger charge is -2.63. The zero-order valence-electron chi connectivity index (χ0n) is 24.7. The number of nitriles is 1. The van der Waals surface area contributed by atoms with Crippen LogP contribution in [0, 0.1) is 28.1 Å².